The first-order chi connectivity index (χ1) is 10.1. The number of rotatable bonds is 4. The van der Waals surface area contributed by atoms with Gasteiger partial charge < -0.3 is 14.8 Å². The topological polar surface area (TPSA) is 33.7 Å². The smallest absolute Gasteiger partial charge is 0.395 e. The largest absolute Gasteiger partial charge is 0.586 e. The van der Waals surface area contributed by atoms with Crippen LogP contribution in [0.25, 0.3) is 0 Å². The van der Waals surface area contributed by atoms with E-state index in [-0.39, 0.29) is 29.9 Å². The Kier molecular flexibility index (Phi) is 5.41. The predicted octanol–water partition coefficient (Wildman–Crippen LogP) is 2.74. The summed E-state index contributed by atoms with van der Waals surface area (Å²) in [7, 11) is 0. The van der Waals surface area contributed by atoms with Crippen LogP contribution in [0.1, 0.15) is 18.0 Å². The van der Waals surface area contributed by atoms with E-state index in [9.17, 15) is 13.2 Å². The number of hydrogen-bond acceptors (Lipinski definition) is 4. The Bertz CT molecular complexity index is 513. The molecule has 0 aromatic heterocycles. The summed E-state index contributed by atoms with van der Waals surface area (Å²) in [6, 6.07) is 4.55. The maximum atomic E-state index is 13.0. The lowest BCUT2D eigenvalue weighted by molar-refractivity contribution is -0.286. The molecule has 0 radical (unpaired) electrons. The van der Waals surface area contributed by atoms with Gasteiger partial charge in [-0.1, -0.05) is 6.07 Å². The third-order valence-electron chi connectivity index (χ3n) is 3.78. The number of fused-ring (bicyclic) bond motifs is 1. The maximum absolute atomic E-state index is 13.0. The average Bonchev–Trinajstić information content (AvgIpc) is 2.78. The van der Waals surface area contributed by atoms with E-state index in [1.54, 1.807) is 6.07 Å². The highest BCUT2D eigenvalue weighted by Gasteiger charge is 2.43. The molecule has 1 N–H and O–H groups in total. The van der Waals surface area contributed by atoms with E-state index >= 15 is 0 Å². The van der Waals surface area contributed by atoms with Gasteiger partial charge >= 0.3 is 6.29 Å². The number of halogens is 4. The van der Waals surface area contributed by atoms with Gasteiger partial charge in [-0.2, -0.15) is 0 Å². The van der Waals surface area contributed by atoms with Crippen molar-refractivity contribution < 1.29 is 22.6 Å². The molecule has 0 saturated carbocycles. The summed E-state index contributed by atoms with van der Waals surface area (Å²) in [6.45, 7) is 2.82. The first-order valence-corrected chi connectivity index (χ1v) is 6.99. The van der Waals surface area contributed by atoms with Gasteiger partial charge in [0.2, 0.25) is 0 Å². The predicted molar refractivity (Wildman–Crippen MR) is 77.7 cm³/mol. The Morgan fingerprint density at radius 2 is 1.86 bits per heavy atom. The van der Waals surface area contributed by atoms with Crippen LogP contribution in [-0.2, 0) is 0 Å². The number of benzene rings is 1. The van der Waals surface area contributed by atoms with Gasteiger partial charge in [0.15, 0.2) is 11.5 Å². The molecule has 0 bridgehead atoms. The van der Waals surface area contributed by atoms with E-state index in [1.165, 1.54) is 12.1 Å². The molecule has 4 nitrogen and oxygen atoms in total. The molecule has 3 rings (SSSR count). The summed E-state index contributed by atoms with van der Waals surface area (Å²) in [4.78, 5) is 2.16. The fraction of sp³-hybridized carbons (Fsp3) is 0.571. The van der Waals surface area contributed by atoms with Crippen molar-refractivity contribution in [2.75, 3.05) is 32.9 Å². The molecule has 0 amide bonds. The summed E-state index contributed by atoms with van der Waals surface area (Å²) in [5.41, 5.74) is 0.773. The van der Waals surface area contributed by atoms with Crippen LogP contribution in [0.15, 0.2) is 18.2 Å². The van der Waals surface area contributed by atoms with E-state index in [0.717, 1.165) is 31.7 Å². The van der Waals surface area contributed by atoms with Crippen LogP contribution >= 0.6 is 12.4 Å². The van der Waals surface area contributed by atoms with E-state index < -0.39 is 13.0 Å². The molecule has 1 atom stereocenters. The van der Waals surface area contributed by atoms with Gasteiger partial charge in [0.05, 0.1) is 6.67 Å². The SMILES string of the molecule is Cl.FCC[C@@H](c1ccc2c(c1)OC(F)(F)O2)N1CCNCC1. The number of hydrogen-bond donors (Lipinski definition) is 1. The van der Waals surface area contributed by atoms with Gasteiger partial charge in [0, 0.05) is 32.2 Å². The molecule has 1 aromatic carbocycles. The molecular formula is C14H18ClF3N2O2. The highest BCUT2D eigenvalue weighted by atomic mass is 35.5. The molecule has 1 aromatic rings. The average molecular weight is 339 g/mol. The second kappa shape index (κ2) is 6.93. The Morgan fingerprint density at radius 1 is 1.18 bits per heavy atom. The van der Waals surface area contributed by atoms with Crippen LogP contribution in [0, 0.1) is 0 Å². The molecule has 22 heavy (non-hydrogen) atoms. The second-order valence-corrected chi connectivity index (χ2v) is 5.15. The lowest BCUT2D eigenvalue weighted by Gasteiger charge is -2.34. The van der Waals surface area contributed by atoms with Gasteiger partial charge in [-0.15, -0.1) is 21.2 Å². The molecular weight excluding hydrogens is 321 g/mol. The summed E-state index contributed by atoms with van der Waals surface area (Å²) in [6.07, 6.45) is -3.29. The van der Waals surface area contributed by atoms with Crippen LogP contribution < -0.4 is 14.8 Å². The molecule has 0 spiro atoms. The normalized spacial score (nSPS) is 21.2. The Hall–Kier alpha value is -1.18. The van der Waals surface area contributed by atoms with Gasteiger partial charge in [0.25, 0.3) is 0 Å². The number of alkyl halides is 3. The highest BCUT2D eigenvalue weighted by molar-refractivity contribution is 5.85. The van der Waals surface area contributed by atoms with E-state index in [4.69, 9.17) is 0 Å². The Labute approximate surface area is 133 Å². The first kappa shape index (κ1) is 17.2. The Morgan fingerprint density at radius 3 is 2.55 bits per heavy atom. The quantitative estimate of drug-likeness (QED) is 0.915. The summed E-state index contributed by atoms with van der Waals surface area (Å²) >= 11 is 0. The second-order valence-electron chi connectivity index (χ2n) is 5.15. The van der Waals surface area contributed by atoms with Crippen molar-refractivity contribution in [2.24, 2.45) is 0 Å². The van der Waals surface area contributed by atoms with Crippen molar-refractivity contribution >= 4 is 12.4 Å². The zero-order valence-corrected chi connectivity index (χ0v) is 12.7. The Balaban J connectivity index is 0.00000176. The monoisotopic (exact) mass is 338 g/mol. The van der Waals surface area contributed by atoms with Crippen LogP contribution in [0.2, 0.25) is 0 Å². The third kappa shape index (κ3) is 3.59. The van der Waals surface area contributed by atoms with Crippen molar-refractivity contribution in [2.45, 2.75) is 18.8 Å². The molecule has 2 aliphatic rings. The van der Waals surface area contributed by atoms with Gasteiger partial charge in [-0.05, 0) is 24.1 Å². The van der Waals surface area contributed by atoms with E-state index in [0.29, 0.717) is 6.42 Å². The molecule has 124 valence electrons. The summed E-state index contributed by atoms with van der Waals surface area (Å²) in [5.74, 6) is 0.0274. The molecule has 0 unspecified atom stereocenters. The van der Waals surface area contributed by atoms with Crippen molar-refractivity contribution in [3.05, 3.63) is 23.8 Å². The molecule has 2 aliphatic heterocycles. The maximum Gasteiger partial charge on any atom is 0.586 e. The number of ether oxygens (including phenoxy) is 2. The van der Waals surface area contributed by atoms with Crippen LogP contribution in [0.5, 0.6) is 11.5 Å². The van der Waals surface area contributed by atoms with Gasteiger partial charge in [-0.3, -0.25) is 9.29 Å². The van der Waals surface area contributed by atoms with Crippen LogP contribution in [-0.4, -0.2) is 44.0 Å². The summed E-state index contributed by atoms with van der Waals surface area (Å²) < 4.78 is 47.8. The molecule has 0 aliphatic carbocycles. The van der Waals surface area contributed by atoms with Crippen molar-refractivity contribution in [3.63, 3.8) is 0 Å². The molecule has 8 heteroatoms. The van der Waals surface area contributed by atoms with Crippen molar-refractivity contribution in [1.29, 1.82) is 0 Å². The van der Waals surface area contributed by atoms with E-state index in [2.05, 4.69) is 19.7 Å². The minimum absolute atomic E-state index is 0. The van der Waals surface area contributed by atoms with Gasteiger partial charge in [-0.25, -0.2) is 0 Å². The molecule has 1 saturated heterocycles. The highest BCUT2D eigenvalue weighted by Crippen LogP contribution is 2.42. The zero-order valence-electron chi connectivity index (χ0n) is 11.9. The van der Waals surface area contributed by atoms with Crippen molar-refractivity contribution in [3.8, 4) is 11.5 Å². The first-order valence-electron chi connectivity index (χ1n) is 6.99. The number of piperazine rings is 1. The molecule has 2 heterocycles. The van der Waals surface area contributed by atoms with Gasteiger partial charge in [0.1, 0.15) is 0 Å². The summed E-state index contributed by atoms with van der Waals surface area (Å²) in [5, 5.41) is 3.24. The van der Waals surface area contributed by atoms with Crippen LogP contribution in [0.3, 0.4) is 0 Å². The number of nitrogens with zero attached hydrogens (tertiary/aromatic N) is 1. The minimum Gasteiger partial charge on any atom is -0.395 e. The number of nitrogens with one attached hydrogen (secondary N) is 1. The lowest BCUT2D eigenvalue weighted by Crippen LogP contribution is -2.45. The van der Waals surface area contributed by atoms with E-state index in [1.807, 2.05) is 0 Å². The third-order valence-corrected chi connectivity index (χ3v) is 3.78. The lowest BCUT2D eigenvalue weighted by atomic mass is 10.0. The standard InChI is InChI=1S/C14H17F3N2O2.ClH/c15-4-3-11(19-7-5-18-6-8-19)10-1-2-12-13(9-10)21-14(16,17)20-12;/h1-2,9,11,18H,3-8H2;1H/t11-;/m0./s1. The minimum atomic E-state index is -3.62. The fourth-order valence-electron chi connectivity index (χ4n) is 2.83. The van der Waals surface area contributed by atoms with Crippen LogP contribution in [0.4, 0.5) is 13.2 Å². The zero-order chi connectivity index (χ0) is 14.9. The molecule has 1 fully saturated rings. The van der Waals surface area contributed by atoms with Crippen molar-refractivity contribution in [1.82, 2.24) is 10.2 Å². The fourth-order valence-corrected chi connectivity index (χ4v) is 2.83.